The summed E-state index contributed by atoms with van der Waals surface area (Å²) in [5.41, 5.74) is 6.11. The zero-order valence-electron chi connectivity index (χ0n) is 24.2. The topological polar surface area (TPSA) is 138 Å². The fraction of sp³-hybridized carbons (Fsp3) is 0.690. The van der Waals surface area contributed by atoms with E-state index in [4.69, 9.17) is 20.5 Å². The van der Waals surface area contributed by atoms with E-state index < -0.39 is 0 Å². The molecule has 0 amide bonds. The van der Waals surface area contributed by atoms with E-state index in [1.807, 2.05) is 32.2 Å². The third-order valence-electron chi connectivity index (χ3n) is 8.01. The van der Waals surface area contributed by atoms with Crippen molar-refractivity contribution in [1.29, 1.82) is 5.26 Å². The van der Waals surface area contributed by atoms with Crippen molar-refractivity contribution >= 4 is 11.9 Å². The van der Waals surface area contributed by atoms with E-state index in [9.17, 15) is 9.59 Å². The van der Waals surface area contributed by atoms with Gasteiger partial charge in [0.1, 0.15) is 24.1 Å². The van der Waals surface area contributed by atoms with Gasteiger partial charge in [-0.15, -0.1) is 0 Å². The molecule has 5 N–H and O–H groups in total. The summed E-state index contributed by atoms with van der Waals surface area (Å²) in [5.74, 6) is 6.79. The van der Waals surface area contributed by atoms with Crippen LogP contribution in [0.1, 0.15) is 68.2 Å². The van der Waals surface area contributed by atoms with Gasteiger partial charge in [0.25, 0.3) is 0 Å². The summed E-state index contributed by atoms with van der Waals surface area (Å²) in [5, 5.41) is 17.6. The first-order valence-electron chi connectivity index (χ1n) is 13.6. The van der Waals surface area contributed by atoms with Crippen molar-refractivity contribution in [2.45, 2.75) is 105 Å². The van der Waals surface area contributed by atoms with Crippen molar-refractivity contribution in [2.75, 3.05) is 0 Å². The molecule has 0 saturated carbocycles. The fourth-order valence-electron chi connectivity index (χ4n) is 4.94. The maximum Gasteiger partial charge on any atom is 0.177 e. The number of ether oxygens (including phenoxy) is 2. The summed E-state index contributed by atoms with van der Waals surface area (Å²) < 4.78 is 11.9. The van der Waals surface area contributed by atoms with E-state index in [0.29, 0.717) is 23.7 Å². The predicted molar refractivity (Wildman–Crippen MR) is 149 cm³/mol. The van der Waals surface area contributed by atoms with Crippen molar-refractivity contribution in [3.8, 4) is 6.19 Å². The molecule has 0 aliphatic carbocycles. The zero-order valence-corrected chi connectivity index (χ0v) is 24.2. The average molecular weight is 530 g/mol. The Morgan fingerprint density at radius 3 is 1.79 bits per heavy atom. The van der Waals surface area contributed by atoms with Crippen molar-refractivity contribution in [2.24, 2.45) is 29.4 Å². The molecule has 9 nitrogen and oxygen atoms in total. The number of hydrogen-bond donors (Lipinski definition) is 4. The van der Waals surface area contributed by atoms with Crippen LogP contribution in [0.5, 0.6) is 0 Å². The SMILES string of the molecule is CCC(C)C(C)[C@@H]1OC(C)=CC(N)C1NC=C=O.CCC(C)C(C)[C@@H]1OC(C)=CC(NC#N)C1NC=C=O. The van der Waals surface area contributed by atoms with Crippen LogP contribution in [0.15, 0.2) is 36.1 Å². The number of nitrogens with two attached hydrogens (primary N) is 1. The van der Waals surface area contributed by atoms with E-state index in [1.54, 1.807) is 11.9 Å². The van der Waals surface area contributed by atoms with Gasteiger partial charge in [-0.05, 0) is 49.7 Å². The molecular weight excluding hydrogens is 482 g/mol. The maximum atomic E-state index is 10.5. The van der Waals surface area contributed by atoms with Crippen LogP contribution in [0.4, 0.5) is 0 Å². The minimum absolute atomic E-state index is 0.0236. The Morgan fingerprint density at radius 1 is 0.895 bits per heavy atom. The third kappa shape index (κ3) is 9.29. The second-order valence-corrected chi connectivity index (χ2v) is 10.5. The van der Waals surface area contributed by atoms with Crippen molar-refractivity contribution in [3.63, 3.8) is 0 Å². The number of allylic oxidation sites excluding steroid dienone is 2. The first-order valence-corrected chi connectivity index (χ1v) is 13.6. The van der Waals surface area contributed by atoms with Gasteiger partial charge in [-0.1, -0.05) is 54.4 Å². The van der Waals surface area contributed by atoms with E-state index >= 15 is 0 Å². The Balaban J connectivity index is 0.000000382. The maximum absolute atomic E-state index is 10.5. The number of nitrogens with one attached hydrogen (secondary N) is 3. The van der Waals surface area contributed by atoms with Gasteiger partial charge in [0, 0.05) is 0 Å². The second-order valence-electron chi connectivity index (χ2n) is 10.5. The van der Waals surface area contributed by atoms with Crippen LogP contribution in [0.25, 0.3) is 0 Å². The third-order valence-corrected chi connectivity index (χ3v) is 8.01. The number of rotatable bonds is 11. The highest BCUT2D eigenvalue weighted by atomic mass is 16.5. The molecule has 0 saturated heterocycles. The lowest BCUT2D eigenvalue weighted by Gasteiger charge is -2.41. The molecule has 0 fully saturated rings. The van der Waals surface area contributed by atoms with Crippen molar-refractivity contribution in [1.82, 2.24) is 16.0 Å². The molecule has 0 aromatic heterocycles. The molecule has 2 heterocycles. The van der Waals surface area contributed by atoms with Gasteiger partial charge < -0.3 is 31.2 Å². The standard InChI is InChI=1S/C15H23N3O2.C14H24N2O2/c1-5-10(2)12(4)15-14(17-6-7-19)13(18-9-16)8-11(3)20-15;1-5-9(2)11(4)14-13(16-6-7-17)12(15)8-10(3)18-14/h6,8,10,12-15,17-18H,5H2,1-4H3;6,8-9,11-14,16H,5,15H2,1-4H3/t10?,12?,13?,14?,15-;9?,11?,12?,13?,14-/m00/s1. The van der Waals surface area contributed by atoms with Gasteiger partial charge in [0.05, 0.1) is 48.1 Å². The number of nitriles is 1. The van der Waals surface area contributed by atoms with Crippen LogP contribution >= 0.6 is 0 Å². The first-order chi connectivity index (χ1) is 18.1. The molecule has 2 rings (SSSR count). The summed E-state index contributed by atoms with van der Waals surface area (Å²) in [7, 11) is 0. The molecule has 0 bridgehead atoms. The van der Waals surface area contributed by atoms with Gasteiger partial charge in [-0.25, -0.2) is 9.59 Å². The number of nitrogens with zero attached hydrogens (tertiary/aromatic N) is 1. The van der Waals surface area contributed by atoms with Gasteiger partial charge in [0.15, 0.2) is 6.19 Å². The van der Waals surface area contributed by atoms with E-state index in [-0.39, 0.29) is 36.4 Å². The second kappa shape index (κ2) is 16.6. The molecule has 0 spiro atoms. The molecule has 2 aliphatic heterocycles. The number of hydrogen-bond acceptors (Lipinski definition) is 9. The monoisotopic (exact) mass is 529 g/mol. The minimum Gasteiger partial charge on any atom is -0.493 e. The van der Waals surface area contributed by atoms with E-state index in [1.165, 1.54) is 12.4 Å². The molecule has 10 atom stereocenters. The predicted octanol–water partition coefficient (Wildman–Crippen LogP) is 3.32. The lowest BCUT2D eigenvalue weighted by atomic mass is 9.82. The molecule has 8 unspecified atom stereocenters. The number of carbonyl (C=O) groups excluding carboxylic acids is 2. The van der Waals surface area contributed by atoms with Gasteiger partial charge >= 0.3 is 0 Å². The lowest BCUT2D eigenvalue weighted by molar-refractivity contribution is 0.00447. The van der Waals surface area contributed by atoms with Crippen molar-refractivity contribution in [3.05, 3.63) is 36.1 Å². The summed E-state index contributed by atoms with van der Waals surface area (Å²) in [6.07, 6.45) is 10.2. The minimum atomic E-state index is -0.199. The highest BCUT2D eigenvalue weighted by Gasteiger charge is 2.39. The Morgan fingerprint density at radius 2 is 1.34 bits per heavy atom. The average Bonchev–Trinajstić information content (AvgIpc) is 2.90. The Labute approximate surface area is 228 Å². The Hall–Kier alpha value is -3.17. The van der Waals surface area contributed by atoms with Crippen LogP contribution in [-0.2, 0) is 19.1 Å². The Bertz CT molecular complexity index is 932. The molecule has 0 aromatic carbocycles. The molecule has 2 aliphatic rings. The molecule has 0 radical (unpaired) electrons. The van der Waals surface area contributed by atoms with Gasteiger partial charge in [-0.2, -0.15) is 5.26 Å². The summed E-state index contributed by atoms with van der Waals surface area (Å²) in [6, 6.07) is -0.613. The normalized spacial score (nSPS) is 29.2. The highest BCUT2D eigenvalue weighted by molar-refractivity contribution is 5.44. The first kappa shape index (κ1) is 32.9. The zero-order chi connectivity index (χ0) is 28.8. The molecule has 38 heavy (non-hydrogen) atoms. The van der Waals surface area contributed by atoms with Gasteiger partial charge in [-0.3, -0.25) is 0 Å². The quantitative estimate of drug-likeness (QED) is 0.180. The highest BCUT2D eigenvalue weighted by Crippen LogP contribution is 2.30. The smallest absolute Gasteiger partial charge is 0.177 e. The molecule has 212 valence electrons. The van der Waals surface area contributed by atoms with Crippen LogP contribution in [-0.4, -0.2) is 48.3 Å². The van der Waals surface area contributed by atoms with Crippen LogP contribution in [0.2, 0.25) is 0 Å². The van der Waals surface area contributed by atoms with E-state index in [2.05, 4.69) is 57.5 Å². The van der Waals surface area contributed by atoms with E-state index in [0.717, 1.165) is 24.4 Å². The van der Waals surface area contributed by atoms with Gasteiger partial charge in [0.2, 0.25) is 0 Å². The Kier molecular flexibility index (Phi) is 14.4. The fourth-order valence-corrected chi connectivity index (χ4v) is 4.94. The van der Waals surface area contributed by atoms with Crippen LogP contribution in [0.3, 0.4) is 0 Å². The largest absolute Gasteiger partial charge is 0.493 e. The molecule has 9 heteroatoms. The van der Waals surface area contributed by atoms with Crippen molar-refractivity contribution < 1.29 is 19.1 Å². The lowest BCUT2D eigenvalue weighted by Crippen LogP contribution is -2.56. The summed E-state index contributed by atoms with van der Waals surface area (Å²) >= 11 is 0. The summed E-state index contributed by atoms with van der Waals surface area (Å²) in [4.78, 5) is 20.8. The summed E-state index contributed by atoms with van der Waals surface area (Å²) in [6.45, 7) is 16.8. The van der Waals surface area contributed by atoms with Crippen LogP contribution in [0, 0.1) is 35.1 Å². The molecule has 0 aromatic rings. The molecular formula is C29H47N5O4. The van der Waals surface area contributed by atoms with Crippen LogP contribution < -0.4 is 21.7 Å².